The van der Waals surface area contributed by atoms with Gasteiger partial charge >= 0.3 is 5.97 Å². The Bertz CT molecular complexity index is 1230. The fraction of sp³-hybridized carbons (Fsp3) is 0.0909. The molecule has 7 heteroatoms. The van der Waals surface area contributed by atoms with Crippen LogP contribution in [0.1, 0.15) is 10.4 Å². The number of halogens is 1. The van der Waals surface area contributed by atoms with E-state index in [1.54, 1.807) is 30.3 Å². The Labute approximate surface area is 171 Å². The molecule has 0 fully saturated rings. The summed E-state index contributed by atoms with van der Waals surface area (Å²) < 4.78 is 16.3. The van der Waals surface area contributed by atoms with Crippen LogP contribution in [0.4, 0.5) is 5.69 Å². The third kappa shape index (κ3) is 3.88. The lowest BCUT2D eigenvalue weighted by Crippen LogP contribution is -2.21. The summed E-state index contributed by atoms with van der Waals surface area (Å²) in [6.07, 6.45) is 0. The maximum atomic E-state index is 12.3. The number of amides is 1. The molecule has 0 aliphatic carbocycles. The van der Waals surface area contributed by atoms with Gasteiger partial charge in [-0.3, -0.25) is 4.79 Å². The zero-order chi connectivity index (χ0) is 20.4. The number of hydrogen-bond donors (Lipinski definition) is 1. The van der Waals surface area contributed by atoms with Crippen LogP contribution < -0.4 is 10.1 Å². The summed E-state index contributed by atoms with van der Waals surface area (Å²) in [5.74, 6) is -0.671. The number of furan rings is 1. The van der Waals surface area contributed by atoms with Crippen LogP contribution in [0, 0.1) is 0 Å². The number of fused-ring (bicyclic) bond motifs is 3. The van der Waals surface area contributed by atoms with Gasteiger partial charge < -0.3 is 19.2 Å². The first kappa shape index (κ1) is 18.8. The average Bonchev–Trinajstić information content (AvgIpc) is 3.08. The Morgan fingerprint density at radius 1 is 1.00 bits per heavy atom. The molecule has 1 heterocycles. The van der Waals surface area contributed by atoms with Gasteiger partial charge in [0.1, 0.15) is 16.9 Å². The fourth-order valence-electron chi connectivity index (χ4n) is 3.03. The molecule has 0 saturated heterocycles. The highest BCUT2D eigenvalue weighted by Gasteiger charge is 2.15. The number of rotatable bonds is 5. The third-order valence-corrected chi connectivity index (χ3v) is 4.60. The first-order chi connectivity index (χ1) is 14.0. The predicted octanol–water partition coefficient (Wildman–Crippen LogP) is 5.04. The average molecular weight is 410 g/mol. The smallest absolute Gasteiger partial charge is 0.338 e. The molecule has 4 aromatic rings. The van der Waals surface area contributed by atoms with E-state index in [0.29, 0.717) is 22.0 Å². The van der Waals surface area contributed by atoms with Gasteiger partial charge in [-0.05, 0) is 30.3 Å². The number of carbonyl (C=O) groups excluding carboxylic acids is 2. The highest BCUT2D eigenvalue weighted by molar-refractivity contribution is 6.30. The van der Waals surface area contributed by atoms with Gasteiger partial charge in [-0.2, -0.15) is 0 Å². The van der Waals surface area contributed by atoms with E-state index in [2.05, 4.69) is 5.32 Å². The SMILES string of the molecule is COc1cc2c(cc1NC(=O)COC(=O)c1cccc(Cl)c1)oc1ccccc12. The molecule has 0 unspecified atom stereocenters. The lowest BCUT2D eigenvalue weighted by atomic mass is 10.1. The van der Waals surface area contributed by atoms with Crippen LogP contribution in [0.3, 0.4) is 0 Å². The lowest BCUT2D eigenvalue weighted by Gasteiger charge is -2.11. The minimum atomic E-state index is -0.637. The molecule has 6 nitrogen and oxygen atoms in total. The number of para-hydroxylation sites is 1. The summed E-state index contributed by atoms with van der Waals surface area (Å²) >= 11 is 5.86. The minimum Gasteiger partial charge on any atom is -0.495 e. The third-order valence-electron chi connectivity index (χ3n) is 4.37. The predicted molar refractivity (Wildman–Crippen MR) is 111 cm³/mol. The van der Waals surface area contributed by atoms with Crippen LogP contribution >= 0.6 is 11.6 Å². The number of carbonyl (C=O) groups is 2. The Hall–Kier alpha value is -3.51. The molecule has 0 spiro atoms. The van der Waals surface area contributed by atoms with Gasteiger partial charge in [-0.15, -0.1) is 0 Å². The quantitative estimate of drug-likeness (QED) is 0.467. The maximum Gasteiger partial charge on any atom is 0.338 e. The summed E-state index contributed by atoms with van der Waals surface area (Å²) in [6.45, 7) is -0.452. The summed E-state index contributed by atoms with van der Waals surface area (Å²) in [4.78, 5) is 24.3. The van der Waals surface area contributed by atoms with E-state index in [4.69, 9.17) is 25.5 Å². The topological polar surface area (TPSA) is 77.8 Å². The van der Waals surface area contributed by atoms with Crippen molar-refractivity contribution in [3.05, 3.63) is 71.2 Å². The number of ether oxygens (including phenoxy) is 2. The zero-order valence-electron chi connectivity index (χ0n) is 15.4. The number of anilines is 1. The Balaban J connectivity index is 1.51. The standard InChI is InChI=1S/C22H16ClNO5/c1-27-20-10-16-15-7-2-3-8-18(15)29-19(16)11-17(20)24-21(25)12-28-22(26)13-5-4-6-14(23)9-13/h2-11H,12H2,1H3,(H,24,25). The van der Waals surface area contributed by atoms with Crippen LogP contribution in [0.15, 0.2) is 65.1 Å². The maximum absolute atomic E-state index is 12.3. The second-order valence-corrected chi connectivity index (χ2v) is 6.72. The molecule has 146 valence electrons. The van der Waals surface area contributed by atoms with Crippen molar-refractivity contribution in [2.45, 2.75) is 0 Å². The number of methoxy groups -OCH3 is 1. The van der Waals surface area contributed by atoms with Crippen LogP contribution in [-0.4, -0.2) is 25.6 Å². The second kappa shape index (κ2) is 7.85. The van der Waals surface area contributed by atoms with Crippen molar-refractivity contribution in [3.63, 3.8) is 0 Å². The van der Waals surface area contributed by atoms with Crippen molar-refractivity contribution < 1.29 is 23.5 Å². The van der Waals surface area contributed by atoms with Gasteiger partial charge in [0, 0.05) is 21.9 Å². The van der Waals surface area contributed by atoms with Gasteiger partial charge in [0.25, 0.3) is 5.91 Å². The molecule has 1 N–H and O–H groups in total. The molecular formula is C22H16ClNO5. The van der Waals surface area contributed by atoms with E-state index in [1.165, 1.54) is 13.2 Å². The molecule has 0 radical (unpaired) electrons. The minimum absolute atomic E-state index is 0.270. The van der Waals surface area contributed by atoms with Crippen molar-refractivity contribution in [2.24, 2.45) is 0 Å². The van der Waals surface area contributed by atoms with Crippen molar-refractivity contribution >= 4 is 51.1 Å². The van der Waals surface area contributed by atoms with Gasteiger partial charge in [0.2, 0.25) is 0 Å². The fourth-order valence-corrected chi connectivity index (χ4v) is 3.22. The van der Waals surface area contributed by atoms with Gasteiger partial charge in [0.15, 0.2) is 6.61 Å². The highest BCUT2D eigenvalue weighted by atomic mass is 35.5. The number of benzene rings is 3. The van der Waals surface area contributed by atoms with E-state index in [9.17, 15) is 9.59 Å². The molecule has 4 rings (SSSR count). The molecular weight excluding hydrogens is 394 g/mol. The van der Waals surface area contributed by atoms with E-state index in [-0.39, 0.29) is 5.56 Å². The van der Waals surface area contributed by atoms with E-state index < -0.39 is 18.5 Å². The van der Waals surface area contributed by atoms with E-state index >= 15 is 0 Å². The van der Waals surface area contributed by atoms with Gasteiger partial charge in [-0.1, -0.05) is 35.9 Å². The number of nitrogens with one attached hydrogen (secondary N) is 1. The molecule has 0 aliphatic heterocycles. The first-order valence-corrected chi connectivity index (χ1v) is 9.15. The largest absolute Gasteiger partial charge is 0.495 e. The Morgan fingerprint density at radius 2 is 1.83 bits per heavy atom. The van der Waals surface area contributed by atoms with Crippen molar-refractivity contribution in [1.82, 2.24) is 0 Å². The normalized spacial score (nSPS) is 10.8. The second-order valence-electron chi connectivity index (χ2n) is 6.28. The molecule has 0 aliphatic rings. The van der Waals surface area contributed by atoms with Crippen molar-refractivity contribution in [2.75, 3.05) is 19.0 Å². The van der Waals surface area contributed by atoms with Crippen LogP contribution in [-0.2, 0) is 9.53 Å². The summed E-state index contributed by atoms with van der Waals surface area (Å²) in [7, 11) is 1.51. The first-order valence-electron chi connectivity index (χ1n) is 8.77. The Kier molecular flexibility index (Phi) is 5.10. The molecule has 3 aromatic carbocycles. The molecule has 29 heavy (non-hydrogen) atoms. The van der Waals surface area contributed by atoms with E-state index in [0.717, 1.165) is 16.4 Å². The molecule has 0 saturated carbocycles. The van der Waals surface area contributed by atoms with Crippen LogP contribution in [0.2, 0.25) is 5.02 Å². The van der Waals surface area contributed by atoms with Crippen molar-refractivity contribution in [1.29, 1.82) is 0 Å². The van der Waals surface area contributed by atoms with Crippen LogP contribution in [0.5, 0.6) is 5.75 Å². The van der Waals surface area contributed by atoms with Crippen molar-refractivity contribution in [3.8, 4) is 5.75 Å². The van der Waals surface area contributed by atoms with Crippen LogP contribution in [0.25, 0.3) is 21.9 Å². The highest BCUT2D eigenvalue weighted by Crippen LogP contribution is 2.36. The van der Waals surface area contributed by atoms with Gasteiger partial charge in [0.05, 0.1) is 18.4 Å². The van der Waals surface area contributed by atoms with E-state index in [1.807, 2.05) is 24.3 Å². The molecule has 1 aromatic heterocycles. The number of esters is 1. The lowest BCUT2D eigenvalue weighted by molar-refractivity contribution is -0.119. The molecule has 1 amide bonds. The molecule has 0 atom stereocenters. The summed E-state index contributed by atoms with van der Waals surface area (Å²) in [6, 6.07) is 17.4. The summed E-state index contributed by atoms with van der Waals surface area (Å²) in [5.41, 5.74) is 2.04. The summed E-state index contributed by atoms with van der Waals surface area (Å²) in [5, 5.41) is 4.93. The van der Waals surface area contributed by atoms with Gasteiger partial charge in [-0.25, -0.2) is 4.79 Å². The number of hydrogen-bond acceptors (Lipinski definition) is 5. The monoisotopic (exact) mass is 409 g/mol. The zero-order valence-corrected chi connectivity index (χ0v) is 16.2. The molecule has 0 bridgehead atoms. The Morgan fingerprint density at radius 3 is 2.62 bits per heavy atom.